The highest BCUT2D eigenvalue weighted by Crippen LogP contribution is 2.45. The standard InChI is InChI=1S/C27H22F3NO5/c1-14-10-15(2)25(36-3)20(11-14)23(33)21-22(16-6-4-9-19(32)12-16)31(26(35)24(21)34)18-8-5-7-17(13-18)27(28,29)30/h4-13,22,32-33H,1-3H3/b23-21+. The lowest BCUT2D eigenvalue weighted by Crippen LogP contribution is -2.29. The Balaban J connectivity index is 2.02. The van der Waals surface area contributed by atoms with Crippen molar-refractivity contribution < 1.29 is 37.7 Å². The molecule has 0 saturated carbocycles. The van der Waals surface area contributed by atoms with E-state index in [1.54, 1.807) is 19.9 Å². The maximum Gasteiger partial charge on any atom is 0.416 e. The normalized spacial score (nSPS) is 17.5. The van der Waals surface area contributed by atoms with Crippen molar-refractivity contribution in [1.82, 2.24) is 0 Å². The Morgan fingerprint density at radius 2 is 1.69 bits per heavy atom. The fourth-order valence-electron chi connectivity index (χ4n) is 4.49. The molecule has 1 unspecified atom stereocenters. The number of aliphatic hydroxyl groups excluding tert-OH is 1. The van der Waals surface area contributed by atoms with E-state index in [0.717, 1.165) is 28.7 Å². The van der Waals surface area contributed by atoms with Crippen molar-refractivity contribution in [3.8, 4) is 11.5 Å². The first-order chi connectivity index (χ1) is 16.9. The zero-order chi connectivity index (χ0) is 26.4. The van der Waals surface area contributed by atoms with Gasteiger partial charge in [0, 0.05) is 5.69 Å². The summed E-state index contributed by atoms with van der Waals surface area (Å²) in [5, 5.41) is 21.5. The van der Waals surface area contributed by atoms with Gasteiger partial charge in [0.05, 0.1) is 29.9 Å². The van der Waals surface area contributed by atoms with Crippen LogP contribution in [-0.2, 0) is 15.8 Å². The number of halogens is 3. The van der Waals surface area contributed by atoms with E-state index >= 15 is 0 Å². The number of hydrogen-bond donors (Lipinski definition) is 2. The molecule has 1 saturated heterocycles. The molecule has 2 N–H and O–H groups in total. The van der Waals surface area contributed by atoms with Gasteiger partial charge in [-0.05, 0) is 66.9 Å². The number of amides is 1. The largest absolute Gasteiger partial charge is 0.508 e. The number of nitrogens with zero attached hydrogens (tertiary/aromatic N) is 1. The number of anilines is 1. The number of carbonyl (C=O) groups is 2. The number of Topliss-reactive ketones (excluding diaryl/α,β-unsaturated/α-hetero) is 1. The zero-order valence-electron chi connectivity index (χ0n) is 19.6. The Bertz CT molecular complexity index is 1410. The van der Waals surface area contributed by atoms with E-state index in [0.29, 0.717) is 5.56 Å². The van der Waals surface area contributed by atoms with Gasteiger partial charge in [-0.1, -0.05) is 24.3 Å². The first-order valence-corrected chi connectivity index (χ1v) is 10.9. The molecule has 1 aliphatic rings. The Morgan fingerprint density at radius 3 is 2.33 bits per heavy atom. The predicted octanol–water partition coefficient (Wildman–Crippen LogP) is 5.66. The fourth-order valence-corrected chi connectivity index (χ4v) is 4.49. The van der Waals surface area contributed by atoms with Crippen molar-refractivity contribution >= 4 is 23.1 Å². The van der Waals surface area contributed by atoms with Crippen molar-refractivity contribution in [2.45, 2.75) is 26.1 Å². The van der Waals surface area contributed by atoms with E-state index in [4.69, 9.17) is 4.74 Å². The van der Waals surface area contributed by atoms with Crippen LogP contribution in [0.5, 0.6) is 11.5 Å². The molecule has 36 heavy (non-hydrogen) atoms. The molecule has 1 heterocycles. The third kappa shape index (κ3) is 4.28. The number of phenols is 1. The molecule has 0 aliphatic carbocycles. The molecule has 1 aliphatic heterocycles. The summed E-state index contributed by atoms with van der Waals surface area (Å²) in [5.41, 5.74) is 0.250. The average Bonchev–Trinajstić information content (AvgIpc) is 3.08. The second-order valence-electron chi connectivity index (χ2n) is 8.47. The van der Waals surface area contributed by atoms with E-state index in [2.05, 4.69) is 0 Å². The molecule has 0 bridgehead atoms. The van der Waals surface area contributed by atoms with Gasteiger partial charge in [-0.2, -0.15) is 13.2 Å². The second kappa shape index (κ2) is 9.07. The summed E-state index contributed by atoms with van der Waals surface area (Å²) in [7, 11) is 1.39. The number of aromatic hydroxyl groups is 1. The van der Waals surface area contributed by atoms with E-state index < -0.39 is 35.2 Å². The third-order valence-electron chi connectivity index (χ3n) is 5.96. The summed E-state index contributed by atoms with van der Waals surface area (Å²) in [4.78, 5) is 27.4. The van der Waals surface area contributed by atoms with E-state index in [1.165, 1.54) is 37.4 Å². The zero-order valence-corrected chi connectivity index (χ0v) is 19.6. The second-order valence-corrected chi connectivity index (χ2v) is 8.47. The molecule has 3 aromatic carbocycles. The maximum absolute atomic E-state index is 13.4. The molecule has 1 fully saturated rings. The SMILES string of the molecule is COc1c(C)cc(C)cc1/C(O)=C1\C(=O)C(=O)N(c2cccc(C(F)(F)F)c2)C1c1cccc(O)c1. The molecule has 3 aromatic rings. The minimum absolute atomic E-state index is 0.155. The van der Waals surface area contributed by atoms with Crippen LogP contribution in [0.2, 0.25) is 0 Å². The van der Waals surface area contributed by atoms with E-state index in [1.807, 2.05) is 6.07 Å². The van der Waals surface area contributed by atoms with Gasteiger partial charge in [-0.15, -0.1) is 0 Å². The molecular formula is C27H22F3NO5. The minimum Gasteiger partial charge on any atom is -0.508 e. The molecule has 4 rings (SSSR count). The highest BCUT2D eigenvalue weighted by atomic mass is 19.4. The summed E-state index contributed by atoms with van der Waals surface area (Å²) in [6.07, 6.45) is -4.68. The van der Waals surface area contributed by atoms with Crippen molar-refractivity contribution in [1.29, 1.82) is 0 Å². The number of rotatable bonds is 4. The first kappa shape index (κ1) is 24.8. The average molecular weight is 497 g/mol. The number of methoxy groups -OCH3 is 1. The maximum atomic E-state index is 13.4. The first-order valence-electron chi connectivity index (χ1n) is 10.9. The monoisotopic (exact) mass is 497 g/mol. The number of hydrogen-bond acceptors (Lipinski definition) is 5. The Labute approximate surface area is 204 Å². The number of alkyl halides is 3. The number of carbonyl (C=O) groups excluding carboxylic acids is 2. The topological polar surface area (TPSA) is 87.1 Å². The quantitative estimate of drug-likeness (QED) is 0.276. The van der Waals surface area contributed by atoms with Gasteiger partial charge in [0.25, 0.3) is 11.7 Å². The van der Waals surface area contributed by atoms with Crippen molar-refractivity contribution in [2.75, 3.05) is 12.0 Å². The van der Waals surface area contributed by atoms with Crippen LogP contribution in [0.4, 0.5) is 18.9 Å². The van der Waals surface area contributed by atoms with Gasteiger partial charge in [-0.3, -0.25) is 14.5 Å². The van der Waals surface area contributed by atoms with Crippen LogP contribution >= 0.6 is 0 Å². The van der Waals surface area contributed by atoms with Gasteiger partial charge in [0.1, 0.15) is 17.3 Å². The molecular weight excluding hydrogens is 475 g/mol. The number of ether oxygens (including phenoxy) is 1. The lowest BCUT2D eigenvalue weighted by molar-refractivity contribution is -0.137. The van der Waals surface area contributed by atoms with Gasteiger partial charge in [0.2, 0.25) is 0 Å². The molecule has 6 nitrogen and oxygen atoms in total. The highest BCUT2D eigenvalue weighted by molar-refractivity contribution is 6.51. The number of phenolic OH excluding ortho intramolecular Hbond substituents is 1. The molecule has 1 amide bonds. The summed E-state index contributed by atoms with van der Waals surface area (Å²) in [5.74, 6) is -2.66. The van der Waals surface area contributed by atoms with Crippen LogP contribution in [-0.4, -0.2) is 29.0 Å². The summed E-state index contributed by atoms with van der Waals surface area (Å²) >= 11 is 0. The third-order valence-corrected chi connectivity index (χ3v) is 5.96. The lowest BCUT2D eigenvalue weighted by atomic mass is 9.93. The Hall–Kier alpha value is -4.27. The summed E-state index contributed by atoms with van der Waals surface area (Å²) < 4.78 is 45.7. The van der Waals surface area contributed by atoms with Gasteiger partial charge >= 0.3 is 6.18 Å². The molecule has 9 heteroatoms. The lowest BCUT2D eigenvalue weighted by Gasteiger charge is -2.26. The van der Waals surface area contributed by atoms with Crippen LogP contribution in [0.15, 0.2) is 66.2 Å². The molecule has 0 spiro atoms. The van der Waals surface area contributed by atoms with E-state index in [-0.39, 0.29) is 33.9 Å². The Kier molecular flexibility index (Phi) is 6.26. The summed E-state index contributed by atoms with van der Waals surface area (Å²) in [6.45, 7) is 3.52. The van der Waals surface area contributed by atoms with Gasteiger partial charge in [0.15, 0.2) is 0 Å². The van der Waals surface area contributed by atoms with Crippen molar-refractivity contribution in [3.05, 3.63) is 94.1 Å². The number of ketones is 1. The van der Waals surface area contributed by atoms with Crippen LogP contribution < -0.4 is 9.64 Å². The molecule has 0 aromatic heterocycles. The van der Waals surface area contributed by atoms with Crippen molar-refractivity contribution in [2.24, 2.45) is 0 Å². The number of benzene rings is 3. The van der Waals surface area contributed by atoms with Crippen LogP contribution in [0, 0.1) is 13.8 Å². The predicted molar refractivity (Wildman–Crippen MR) is 127 cm³/mol. The smallest absolute Gasteiger partial charge is 0.416 e. The number of aryl methyl sites for hydroxylation is 2. The highest BCUT2D eigenvalue weighted by Gasteiger charge is 2.47. The molecule has 0 radical (unpaired) electrons. The number of aliphatic hydroxyl groups is 1. The van der Waals surface area contributed by atoms with Gasteiger partial charge in [-0.25, -0.2) is 0 Å². The van der Waals surface area contributed by atoms with Crippen LogP contribution in [0.25, 0.3) is 5.76 Å². The van der Waals surface area contributed by atoms with E-state index in [9.17, 15) is 33.0 Å². The van der Waals surface area contributed by atoms with Gasteiger partial charge < -0.3 is 14.9 Å². The summed E-state index contributed by atoms with van der Waals surface area (Å²) in [6, 6.07) is 11.7. The Morgan fingerprint density at radius 1 is 1.00 bits per heavy atom. The molecule has 1 atom stereocenters. The minimum atomic E-state index is -4.68. The fraction of sp³-hybridized carbons (Fsp3) is 0.185. The van der Waals surface area contributed by atoms with Crippen LogP contribution in [0.1, 0.15) is 33.9 Å². The van der Waals surface area contributed by atoms with Crippen molar-refractivity contribution in [3.63, 3.8) is 0 Å². The van der Waals surface area contributed by atoms with Crippen LogP contribution in [0.3, 0.4) is 0 Å². The molecule has 186 valence electrons.